The van der Waals surface area contributed by atoms with E-state index in [4.69, 9.17) is 0 Å². The number of halogens is 2. The summed E-state index contributed by atoms with van der Waals surface area (Å²) < 4.78 is 26.1. The lowest BCUT2D eigenvalue weighted by molar-refractivity contribution is -0.111. The van der Waals surface area contributed by atoms with E-state index < -0.39 is 11.6 Å². The van der Waals surface area contributed by atoms with E-state index >= 15 is 0 Å². The fraction of sp³-hybridized carbons (Fsp3) is 0.455. The molecule has 3 nitrogen and oxygen atoms in total. The summed E-state index contributed by atoms with van der Waals surface area (Å²) in [7, 11) is 0. The van der Waals surface area contributed by atoms with Crippen molar-refractivity contribution in [3.63, 3.8) is 0 Å². The van der Waals surface area contributed by atoms with Crippen LogP contribution < -0.4 is 4.90 Å². The van der Waals surface area contributed by atoms with Crippen LogP contribution in [-0.2, 0) is 4.79 Å². The number of pyridine rings is 1. The van der Waals surface area contributed by atoms with Gasteiger partial charge in [0.2, 0.25) is 0 Å². The van der Waals surface area contributed by atoms with Crippen LogP contribution >= 0.6 is 0 Å². The lowest BCUT2D eigenvalue weighted by Gasteiger charge is -2.31. The molecule has 0 aromatic carbocycles. The molecular weight excluding hydrogens is 214 g/mol. The largest absolute Gasteiger partial charge is 0.353 e. The van der Waals surface area contributed by atoms with Crippen molar-refractivity contribution in [1.29, 1.82) is 0 Å². The summed E-state index contributed by atoms with van der Waals surface area (Å²) in [6, 6.07) is 0.812. The second kappa shape index (κ2) is 4.55. The minimum atomic E-state index is -0.690. The number of hydrogen-bond acceptors (Lipinski definition) is 3. The van der Waals surface area contributed by atoms with Crippen molar-refractivity contribution in [3.05, 3.63) is 23.9 Å². The number of rotatable bonds is 2. The van der Waals surface area contributed by atoms with E-state index in [2.05, 4.69) is 4.98 Å². The maximum absolute atomic E-state index is 13.4. The molecular formula is C11H12F2N2O. The normalized spacial score (nSPS) is 20.9. The maximum atomic E-state index is 13.4. The summed E-state index contributed by atoms with van der Waals surface area (Å²) in [6.45, 7) is 1.11. The van der Waals surface area contributed by atoms with Gasteiger partial charge in [-0.05, 0) is 12.8 Å². The quantitative estimate of drug-likeness (QED) is 0.721. The number of piperidine rings is 1. The van der Waals surface area contributed by atoms with E-state index in [0.29, 0.717) is 13.1 Å². The van der Waals surface area contributed by atoms with E-state index in [1.165, 1.54) is 0 Å². The summed E-state index contributed by atoms with van der Waals surface area (Å²) >= 11 is 0. The zero-order valence-electron chi connectivity index (χ0n) is 8.70. The predicted octanol–water partition coefficient (Wildman–Crippen LogP) is 1.78. The average molecular weight is 226 g/mol. The second-order valence-electron chi connectivity index (χ2n) is 3.94. The van der Waals surface area contributed by atoms with E-state index in [0.717, 1.165) is 31.4 Å². The number of carbonyl (C=O) groups is 1. The van der Waals surface area contributed by atoms with Crippen molar-refractivity contribution in [3.8, 4) is 0 Å². The highest BCUT2D eigenvalue weighted by atomic mass is 19.1. The van der Waals surface area contributed by atoms with Gasteiger partial charge in [0.15, 0.2) is 11.6 Å². The molecule has 1 aliphatic heterocycles. The van der Waals surface area contributed by atoms with Crippen molar-refractivity contribution < 1.29 is 13.6 Å². The highest BCUT2D eigenvalue weighted by Gasteiger charge is 2.22. The van der Waals surface area contributed by atoms with Crippen LogP contribution in [0, 0.1) is 17.6 Å². The van der Waals surface area contributed by atoms with E-state index in [1.807, 2.05) is 0 Å². The lowest BCUT2D eigenvalue weighted by Crippen LogP contribution is -2.37. The van der Waals surface area contributed by atoms with Crippen LogP contribution in [-0.4, -0.2) is 24.4 Å². The third-order valence-electron chi connectivity index (χ3n) is 2.74. The van der Waals surface area contributed by atoms with Crippen LogP contribution in [0.3, 0.4) is 0 Å². The Morgan fingerprint density at radius 3 is 3.00 bits per heavy atom. The number of nitrogens with zero attached hydrogens (tertiary/aromatic N) is 2. The Morgan fingerprint density at radius 2 is 2.31 bits per heavy atom. The Hall–Kier alpha value is -1.52. The summed E-state index contributed by atoms with van der Waals surface area (Å²) in [5, 5.41) is 0. The summed E-state index contributed by atoms with van der Waals surface area (Å²) in [5.41, 5.74) is 0. The molecule has 1 unspecified atom stereocenters. The molecule has 1 fully saturated rings. The van der Waals surface area contributed by atoms with Crippen molar-refractivity contribution in [2.75, 3.05) is 18.0 Å². The molecule has 1 aromatic heterocycles. The van der Waals surface area contributed by atoms with Crippen molar-refractivity contribution in [2.45, 2.75) is 12.8 Å². The predicted molar refractivity (Wildman–Crippen MR) is 55.2 cm³/mol. The molecule has 0 amide bonds. The topological polar surface area (TPSA) is 33.2 Å². The monoisotopic (exact) mass is 226 g/mol. The standard InChI is InChI=1S/C11H12F2N2O/c12-9-4-10(13)11(14-5-9)15-3-1-2-8(6-15)7-16/h4-5,7-8H,1-3,6H2. The number of carbonyl (C=O) groups excluding carboxylic acids is 1. The molecule has 5 heteroatoms. The SMILES string of the molecule is O=CC1CCCN(c2ncc(F)cc2F)C1. The van der Waals surface area contributed by atoms with E-state index in [1.54, 1.807) is 4.90 Å². The molecule has 1 aromatic rings. The van der Waals surface area contributed by atoms with Gasteiger partial charge in [0, 0.05) is 25.1 Å². The Labute approximate surface area is 92.1 Å². The van der Waals surface area contributed by atoms with Gasteiger partial charge in [0.05, 0.1) is 6.20 Å². The molecule has 0 N–H and O–H groups in total. The molecule has 0 spiro atoms. The number of aldehydes is 1. The molecule has 0 saturated carbocycles. The number of hydrogen-bond donors (Lipinski definition) is 0. The van der Waals surface area contributed by atoms with Gasteiger partial charge in [-0.2, -0.15) is 0 Å². The second-order valence-corrected chi connectivity index (χ2v) is 3.94. The van der Waals surface area contributed by atoms with Crippen LogP contribution in [0.2, 0.25) is 0 Å². The van der Waals surface area contributed by atoms with Gasteiger partial charge in [-0.1, -0.05) is 0 Å². The molecule has 86 valence electrons. The van der Waals surface area contributed by atoms with Gasteiger partial charge in [-0.25, -0.2) is 13.8 Å². The fourth-order valence-electron chi connectivity index (χ4n) is 1.95. The highest BCUT2D eigenvalue weighted by Crippen LogP contribution is 2.23. The first-order chi connectivity index (χ1) is 7.70. The maximum Gasteiger partial charge on any atom is 0.168 e. The van der Waals surface area contributed by atoms with E-state index in [-0.39, 0.29) is 11.7 Å². The van der Waals surface area contributed by atoms with Gasteiger partial charge in [-0.15, -0.1) is 0 Å². The summed E-state index contributed by atoms with van der Waals surface area (Å²) in [5.74, 6) is -1.32. The van der Waals surface area contributed by atoms with Gasteiger partial charge in [0.1, 0.15) is 12.1 Å². The van der Waals surface area contributed by atoms with Crippen LogP contribution in [0.25, 0.3) is 0 Å². The number of aromatic nitrogens is 1. The van der Waals surface area contributed by atoms with Crippen molar-refractivity contribution >= 4 is 12.1 Å². The summed E-state index contributed by atoms with van der Waals surface area (Å²) in [4.78, 5) is 16.1. The molecule has 2 heterocycles. The first kappa shape index (κ1) is 11.0. The zero-order valence-corrected chi connectivity index (χ0v) is 8.70. The first-order valence-corrected chi connectivity index (χ1v) is 5.22. The average Bonchev–Trinajstić information content (AvgIpc) is 2.29. The Kier molecular flexibility index (Phi) is 3.12. The van der Waals surface area contributed by atoms with Crippen LogP contribution in [0.15, 0.2) is 12.3 Å². The minimum absolute atomic E-state index is 0.0833. The first-order valence-electron chi connectivity index (χ1n) is 5.22. The van der Waals surface area contributed by atoms with E-state index in [9.17, 15) is 13.6 Å². The summed E-state index contributed by atoms with van der Waals surface area (Å²) in [6.07, 6.45) is 3.52. The zero-order chi connectivity index (χ0) is 11.5. The lowest BCUT2D eigenvalue weighted by atomic mass is 10.00. The van der Waals surface area contributed by atoms with Gasteiger partial charge < -0.3 is 9.69 Å². The highest BCUT2D eigenvalue weighted by molar-refractivity contribution is 5.56. The van der Waals surface area contributed by atoms with Gasteiger partial charge in [0.25, 0.3) is 0 Å². The van der Waals surface area contributed by atoms with Gasteiger partial charge >= 0.3 is 0 Å². The molecule has 16 heavy (non-hydrogen) atoms. The third-order valence-corrected chi connectivity index (χ3v) is 2.74. The molecule has 0 aliphatic carbocycles. The molecule has 1 saturated heterocycles. The smallest absolute Gasteiger partial charge is 0.168 e. The molecule has 2 rings (SSSR count). The molecule has 0 radical (unpaired) electrons. The molecule has 1 atom stereocenters. The van der Waals surface area contributed by atoms with Crippen LogP contribution in [0.5, 0.6) is 0 Å². The minimum Gasteiger partial charge on any atom is -0.353 e. The Bertz CT molecular complexity index is 398. The molecule has 0 bridgehead atoms. The van der Waals surface area contributed by atoms with Crippen molar-refractivity contribution in [1.82, 2.24) is 4.98 Å². The van der Waals surface area contributed by atoms with Crippen LogP contribution in [0.4, 0.5) is 14.6 Å². The molecule has 1 aliphatic rings. The Morgan fingerprint density at radius 1 is 1.50 bits per heavy atom. The van der Waals surface area contributed by atoms with Crippen molar-refractivity contribution in [2.24, 2.45) is 5.92 Å². The Balaban J connectivity index is 2.19. The third kappa shape index (κ3) is 2.18. The fourth-order valence-corrected chi connectivity index (χ4v) is 1.95. The van der Waals surface area contributed by atoms with Gasteiger partial charge in [-0.3, -0.25) is 0 Å². The number of anilines is 1. The van der Waals surface area contributed by atoms with Crippen LogP contribution in [0.1, 0.15) is 12.8 Å².